The number of nitrogens with one attached hydrogen (secondary N) is 2. The van der Waals surface area contributed by atoms with Crippen molar-refractivity contribution in [2.75, 3.05) is 20.1 Å². The van der Waals surface area contributed by atoms with Crippen LogP contribution in [0.15, 0.2) is 24.3 Å². The van der Waals surface area contributed by atoms with Gasteiger partial charge < -0.3 is 15.7 Å². The molecule has 0 spiro atoms. The third kappa shape index (κ3) is 4.85. The molecule has 1 aromatic carbocycles. The van der Waals surface area contributed by atoms with E-state index in [2.05, 4.69) is 41.8 Å². The van der Waals surface area contributed by atoms with Crippen LogP contribution in [0.4, 0.5) is 0 Å². The van der Waals surface area contributed by atoms with Gasteiger partial charge in [-0.1, -0.05) is 31.2 Å². The number of carboxylic acids is 1. The van der Waals surface area contributed by atoms with Crippen LogP contribution in [0.5, 0.6) is 0 Å². The number of aryl methyl sites for hydroxylation is 1. The highest BCUT2D eigenvalue weighted by atomic mass is 16.4. The Morgan fingerprint density at radius 2 is 1.89 bits per heavy atom. The summed E-state index contributed by atoms with van der Waals surface area (Å²) in [4.78, 5) is 10.8. The minimum atomic E-state index is -0.822. The summed E-state index contributed by atoms with van der Waals surface area (Å²) in [5.74, 6) is -0.822. The van der Waals surface area contributed by atoms with Gasteiger partial charge in [-0.2, -0.15) is 0 Å². The highest BCUT2D eigenvalue weighted by Crippen LogP contribution is 2.05. The molecule has 1 atom stereocenters. The molecule has 4 nitrogen and oxygen atoms in total. The molecule has 18 heavy (non-hydrogen) atoms. The maximum atomic E-state index is 10.8. The third-order valence-corrected chi connectivity index (χ3v) is 3.02. The predicted octanol–water partition coefficient (Wildman–Crippen LogP) is 1.05. The van der Waals surface area contributed by atoms with Crippen molar-refractivity contribution in [3.8, 4) is 0 Å². The standard InChI is InChI=1S/C14H22N2O2/c1-3-11-4-6-12(7-5-11)8-9-16-10-13(15-2)14(17)18/h4-7,13,15-16H,3,8-10H2,1-2H3,(H,17,18). The van der Waals surface area contributed by atoms with E-state index in [1.54, 1.807) is 7.05 Å². The van der Waals surface area contributed by atoms with Crippen LogP contribution in [-0.2, 0) is 17.6 Å². The lowest BCUT2D eigenvalue weighted by Crippen LogP contribution is -2.43. The van der Waals surface area contributed by atoms with Crippen LogP contribution in [0.2, 0.25) is 0 Å². The molecular weight excluding hydrogens is 228 g/mol. The van der Waals surface area contributed by atoms with Crippen molar-refractivity contribution in [3.05, 3.63) is 35.4 Å². The Bertz CT molecular complexity index is 363. The van der Waals surface area contributed by atoms with Crippen LogP contribution in [0.25, 0.3) is 0 Å². The van der Waals surface area contributed by atoms with E-state index in [1.807, 2.05) is 0 Å². The predicted molar refractivity (Wildman–Crippen MR) is 72.9 cm³/mol. The summed E-state index contributed by atoms with van der Waals surface area (Å²) in [7, 11) is 1.66. The molecule has 0 fully saturated rings. The normalized spacial score (nSPS) is 12.3. The first kappa shape index (κ1) is 14.7. The lowest BCUT2D eigenvalue weighted by Gasteiger charge is -2.12. The summed E-state index contributed by atoms with van der Waals surface area (Å²) in [6.07, 6.45) is 1.97. The van der Waals surface area contributed by atoms with Gasteiger partial charge in [0.15, 0.2) is 0 Å². The van der Waals surface area contributed by atoms with Gasteiger partial charge in [-0.25, -0.2) is 0 Å². The van der Waals surface area contributed by atoms with Crippen molar-refractivity contribution in [3.63, 3.8) is 0 Å². The zero-order valence-corrected chi connectivity index (χ0v) is 11.1. The largest absolute Gasteiger partial charge is 0.480 e. The molecule has 0 radical (unpaired) electrons. The summed E-state index contributed by atoms with van der Waals surface area (Å²) in [5.41, 5.74) is 2.61. The second-order valence-electron chi connectivity index (χ2n) is 4.30. The Kier molecular flexibility index (Phi) is 6.39. The first-order valence-electron chi connectivity index (χ1n) is 6.36. The molecule has 0 aliphatic heterocycles. The second kappa shape index (κ2) is 7.84. The lowest BCUT2D eigenvalue weighted by atomic mass is 10.1. The molecule has 3 N–H and O–H groups in total. The molecule has 100 valence electrons. The van der Waals surface area contributed by atoms with Crippen molar-refractivity contribution in [1.82, 2.24) is 10.6 Å². The van der Waals surface area contributed by atoms with E-state index in [4.69, 9.17) is 5.11 Å². The van der Waals surface area contributed by atoms with Gasteiger partial charge in [0.1, 0.15) is 6.04 Å². The number of carboxylic acid groups (broad SMARTS) is 1. The fourth-order valence-corrected chi connectivity index (χ4v) is 1.73. The van der Waals surface area contributed by atoms with Gasteiger partial charge in [-0.15, -0.1) is 0 Å². The van der Waals surface area contributed by atoms with Crippen LogP contribution in [0.1, 0.15) is 18.1 Å². The molecule has 0 saturated heterocycles. The fraction of sp³-hybridized carbons (Fsp3) is 0.500. The first-order valence-corrected chi connectivity index (χ1v) is 6.36. The molecule has 1 rings (SSSR count). The Morgan fingerprint density at radius 1 is 1.28 bits per heavy atom. The zero-order valence-electron chi connectivity index (χ0n) is 11.1. The van der Waals surface area contributed by atoms with Crippen molar-refractivity contribution in [2.45, 2.75) is 25.8 Å². The summed E-state index contributed by atoms with van der Waals surface area (Å²) in [5, 5.41) is 14.7. The number of rotatable bonds is 8. The van der Waals surface area contributed by atoms with Gasteiger partial charge in [0.2, 0.25) is 0 Å². The average molecular weight is 250 g/mol. The highest BCUT2D eigenvalue weighted by molar-refractivity contribution is 5.73. The monoisotopic (exact) mass is 250 g/mol. The minimum absolute atomic E-state index is 0.443. The molecule has 0 aromatic heterocycles. The van der Waals surface area contributed by atoms with Gasteiger partial charge in [0.25, 0.3) is 0 Å². The summed E-state index contributed by atoms with van der Waals surface area (Å²) in [6, 6.07) is 8.03. The van der Waals surface area contributed by atoms with Crippen LogP contribution in [-0.4, -0.2) is 37.3 Å². The Balaban J connectivity index is 2.26. The molecule has 0 saturated carbocycles. The van der Waals surface area contributed by atoms with Crippen molar-refractivity contribution in [1.29, 1.82) is 0 Å². The van der Waals surface area contributed by atoms with E-state index < -0.39 is 12.0 Å². The Morgan fingerprint density at radius 3 is 2.39 bits per heavy atom. The zero-order chi connectivity index (χ0) is 13.4. The van der Waals surface area contributed by atoms with Crippen molar-refractivity contribution >= 4 is 5.97 Å². The van der Waals surface area contributed by atoms with Crippen LogP contribution < -0.4 is 10.6 Å². The Labute approximate surface area is 108 Å². The molecule has 1 aromatic rings. The van der Waals surface area contributed by atoms with Gasteiger partial charge in [-0.3, -0.25) is 4.79 Å². The maximum Gasteiger partial charge on any atom is 0.322 e. The molecule has 0 amide bonds. The SMILES string of the molecule is CCc1ccc(CCNCC(NC)C(=O)O)cc1. The van der Waals surface area contributed by atoms with Gasteiger partial charge in [0, 0.05) is 6.54 Å². The minimum Gasteiger partial charge on any atom is -0.480 e. The lowest BCUT2D eigenvalue weighted by molar-refractivity contribution is -0.139. The second-order valence-corrected chi connectivity index (χ2v) is 4.30. The van der Waals surface area contributed by atoms with Crippen molar-refractivity contribution < 1.29 is 9.90 Å². The highest BCUT2D eigenvalue weighted by Gasteiger charge is 2.13. The fourth-order valence-electron chi connectivity index (χ4n) is 1.73. The first-order chi connectivity index (χ1) is 8.67. The number of hydrogen-bond donors (Lipinski definition) is 3. The van der Waals surface area contributed by atoms with Crippen LogP contribution in [0, 0.1) is 0 Å². The summed E-state index contributed by atoms with van der Waals surface area (Å²) < 4.78 is 0. The number of aliphatic carboxylic acids is 1. The molecule has 0 bridgehead atoms. The van der Waals surface area contributed by atoms with E-state index in [-0.39, 0.29) is 0 Å². The summed E-state index contributed by atoms with van der Waals surface area (Å²) >= 11 is 0. The quantitative estimate of drug-likeness (QED) is 0.604. The molecule has 0 aliphatic rings. The summed E-state index contributed by atoms with van der Waals surface area (Å²) in [6.45, 7) is 3.37. The van der Waals surface area contributed by atoms with Crippen LogP contribution >= 0.6 is 0 Å². The van der Waals surface area contributed by atoms with E-state index in [9.17, 15) is 4.79 Å². The molecule has 0 heterocycles. The number of benzene rings is 1. The van der Waals surface area contributed by atoms with Gasteiger partial charge >= 0.3 is 5.97 Å². The van der Waals surface area contributed by atoms with Gasteiger partial charge in [0.05, 0.1) is 0 Å². The molecule has 0 aliphatic carbocycles. The number of likely N-dealkylation sites (N-methyl/N-ethyl adjacent to an activating group) is 1. The molecular formula is C14H22N2O2. The van der Waals surface area contributed by atoms with Crippen LogP contribution in [0.3, 0.4) is 0 Å². The van der Waals surface area contributed by atoms with E-state index in [1.165, 1.54) is 11.1 Å². The smallest absolute Gasteiger partial charge is 0.322 e. The molecule has 4 heteroatoms. The van der Waals surface area contributed by atoms with E-state index in [0.29, 0.717) is 6.54 Å². The van der Waals surface area contributed by atoms with Crippen molar-refractivity contribution in [2.24, 2.45) is 0 Å². The number of carbonyl (C=O) groups is 1. The maximum absolute atomic E-state index is 10.8. The van der Waals surface area contributed by atoms with Gasteiger partial charge in [-0.05, 0) is 37.6 Å². The Hall–Kier alpha value is -1.39. The van der Waals surface area contributed by atoms with E-state index in [0.717, 1.165) is 19.4 Å². The topological polar surface area (TPSA) is 61.4 Å². The number of hydrogen-bond acceptors (Lipinski definition) is 3. The van der Waals surface area contributed by atoms with E-state index >= 15 is 0 Å². The molecule has 1 unspecified atom stereocenters. The average Bonchev–Trinajstić information content (AvgIpc) is 2.39. The third-order valence-electron chi connectivity index (χ3n) is 3.02.